The molecule has 0 saturated carbocycles. The van der Waals surface area contributed by atoms with Gasteiger partial charge in [0.25, 0.3) is 0 Å². The number of rotatable bonds is 3. The third-order valence-electron chi connectivity index (χ3n) is 7.16. The average Bonchev–Trinajstić information content (AvgIpc) is 3.21. The smallest absolute Gasteiger partial charge is 0.162 e. The zero-order valence-electron chi connectivity index (χ0n) is 19.6. The van der Waals surface area contributed by atoms with Gasteiger partial charge in [-0.25, -0.2) is 4.68 Å². The number of Topliss-reactive ketones (excluding diaryl/α,β-unsaturated/α-hetero) is 1. The summed E-state index contributed by atoms with van der Waals surface area (Å²) in [5.41, 5.74) is 5.74. The highest BCUT2D eigenvalue weighted by Crippen LogP contribution is 2.50. The molecule has 1 aliphatic heterocycles. The summed E-state index contributed by atoms with van der Waals surface area (Å²) in [6.07, 6.45) is 0.956. The Kier molecular flexibility index (Phi) is 5.07. The van der Waals surface area contributed by atoms with Crippen LogP contribution in [0.25, 0.3) is 5.69 Å². The van der Waals surface area contributed by atoms with Crippen molar-refractivity contribution in [2.24, 2.45) is 0 Å². The van der Waals surface area contributed by atoms with E-state index in [4.69, 9.17) is 5.10 Å². The number of fused-ring (bicyclic) bond motifs is 1. The van der Waals surface area contributed by atoms with Crippen molar-refractivity contribution in [2.75, 3.05) is 5.32 Å². The monoisotopic (exact) mass is 479 g/mol. The van der Waals surface area contributed by atoms with Crippen LogP contribution in [0.15, 0.2) is 84.1 Å². The van der Waals surface area contributed by atoms with Crippen LogP contribution in [0.5, 0.6) is 17.2 Å². The van der Waals surface area contributed by atoms with E-state index in [9.17, 15) is 20.1 Å². The summed E-state index contributed by atoms with van der Waals surface area (Å²) in [5.74, 6) is 0.0958. The fourth-order valence-electron chi connectivity index (χ4n) is 5.47. The average molecular weight is 480 g/mol. The van der Waals surface area contributed by atoms with Gasteiger partial charge in [-0.2, -0.15) is 5.10 Å². The molecule has 3 aromatic carbocycles. The third kappa shape index (κ3) is 3.51. The second kappa shape index (κ2) is 8.30. The van der Waals surface area contributed by atoms with E-state index >= 15 is 0 Å². The molecular weight excluding hydrogens is 454 g/mol. The molecule has 7 heteroatoms. The molecule has 36 heavy (non-hydrogen) atoms. The highest BCUT2D eigenvalue weighted by molar-refractivity contribution is 6.01. The van der Waals surface area contributed by atoms with Crippen molar-refractivity contribution in [3.63, 3.8) is 0 Å². The molecular formula is C29H25N3O4. The number of ketones is 1. The number of hydrogen-bond acceptors (Lipinski definition) is 6. The number of aromatic nitrogens is 2. The lowest BCUT2D eigenvalue weighted by molar-refractivity contribution is -0.116. The summed E-state index contributed by atoms with van der Waals surface area (Å²) < 4.78 is 1.86. The molecule has 1 aromatic heterocycles. The fourth-order valence-corrected chi connectivity index (χ4v) is 5.47. The molecule has 2 aliphatic rings. The second-order valence-corrected chi connectivity index (χ2v) is 9.41. The Morgan fingerprint density at radius 2 is 1.61 bits per heavy atom. The SMILES string of the molecule is Cc1nn(-c2ccccc2)c2c1C(c1ccc(O)c(O)c1)C1=C(CC(c3ccc(O)cc3)CC1=O)N2. The molecule has 0 radical (unpaired) electrons. The first-order valence-corrected chi connectivity index (χ1v) is 11.9. The Morgan fingerprint density at radius 3 is 2.33 bits per heavy atom. The van der Waals surface area contributed by atoms with Crippen molar-refractivity contribution in [1.29, 1.82) is 0 Å². The number of carbonyl (C=O) groups excluding carboxylic acids is 1. The molecule has 0 amide bonds. The first-order chi connectivity index (χ1) is 17.4. The molecule has 0 saturated heterocycles. The van der Waals surface area contributed by atoms with Crippen LogP contribution in [0.2, 0.25) is 0 Å². The van der Waals surface area contributed by atoms with E-state index in [-0.39, 0.29) is 28.9 Å². The summed E-state index contributed by atoms with van der Waals surface area (Å²) >= 11 is 0. The van der Waals surface area contributed by atoms with Crippen molar-refractivity contribution in [1.82, 2.24) is 9.78 Å². The van der Waals surface area contributed by atoms with Crippen molar-refractivity contribution in [3.05, 3.63) is 106 Å². The highest BCUT2D eigenvalue weighted by Gasteiger charge is 2.41. The molecule has 1 aliphatic carbocycles. The molecule has 4 N–H and O–H groups in total. The van der Waals surface area contributed by atoms with Crippen LogP contribution in [-0.4, -0.2) is 30.9 Å². The zero-order valence-corrected chi connectivity index (χ0v) is 19.6. The number of aromatic hydroxyl groups is 3. The van der Waals surface area contributed by atoms with Crippen molar-refractivity contribution < 1.29 is 20.1 Å². The first kappa shape index (κ1) is 22.0. The zero-order chi connectivity index (χ0) is 25.0. The molecule has 2 atom stereocenters. The largest absolute Gasteiger partial charge is 0.508 e. The van der Waals surface area contributed by atoms with E-state index in [0.717, 1.165) is 34.0 Å². The Labute approximate surface area is 208 Å². The number of phenolic OH excluding ortho intramolecular Hbond substituents is 3. The third-order valence-corrected chi connectivity index (χ3v) is 7.16. The van der Waals surface area contributed by atoms with E-state index in [1.54, 1.807) is 18.2 Å². The standard InChI is InChI=1S/C29H25N3O4/c1-16-26-27(18-9-12-23(34)24(35)14-18)28-22(30-29(26)32(31-16)20-5-3-2-4-6-20)13-19(15-25(28)36)17-7-10-21(33)11-8-17/h2-12,14,19,27,30,33-35H,13,15H2,1H3. The Hall–Kier alpha value is -4.52. The number of phenols is 3. The van der Waals surface area contributed by atoms with Crippen LogP contribution >= 0.6 is 0 Å². The minimum Gasteiger partial charge on any atom is -0.508 e. The van der Waals surface area contributed by atoms with Crippen molar-refractivity contribution >= 4 is 11.6 Å². The number of allylic oxidation sites excluding steroid dienone is 2. The van der Waals surface area contributed by atoms with Crippen LogP contribution in [0.4, 0.5) is 5.82 Å². The van der Waals surface area contributed by atoms with Crippen LogP contribution in [0, 0.1) is 6.92 Å². The number of carbonyl (C=O) groups is 1. The van der Waals surface area contributed by atoms with Gasteiger partial charge >= 0.3 is 0 Å². The van der Waals surface area contributed by atoms with Crippen LogP contribution in [0.1, 0.15) is 47.1 Å². The molecule has 2 unspecified atom stereocenters. The molecule has 4 aromatic rings. The number of nitrogens with zero attached hydrogens (tertiary/aromatic N) is 2. The maximum absolute atomic E-state index is 13.7. The number of nitrogens with one attached hydrogen (secondary N) is 1. The van der Waals surface area contributed by atoms with Gasteiger partial charge < -0.3 is 20.6 Å². The maximum atomic E-state index is 13.7. The molecule has 0 bridgehead atoms. The minimum absolute atomic E-state index is 0.0249. The van der Waals surface area contributed by atoms with Gasteiger partial charge in [0.05, 0.1) is 11.4 Å². The predicted octanol–water partition coefficient (Wildman–Crippen LogP) is 5.26. The summed E-state index contributed by atoms with van der Waals surface area (Å²) in [6, 6.07) is 21.5. The summed E-state index contributed by atoms with van der Waals surface area (Å²) in [7, 11) is 0. The normalized spacial score (nSPS) is 19.0. The van der Waals surface area contributed by atoms with Crippen LogP contribution in [-0.2, 0) is 4.79 Å². The van der Waals surface area contributed by atoms with Crippen molar-refractivity contribution in [2.45, 2.75) is 31.6 Å². The lowest BCUT2D eigenvalue weighted by Crippen LogP contribution is -2.30. The van der Waals surface area contributed by atoms with E-state index in [1.807, 2.05) is 54.1 Å². The number of para-hydroxylation sites is 1. The summed E-state index contributed by atoms with van der Waals surface area (Å²) in [6.45, 7) is 1.92. The lowest BCUT2D eigenvalue weighted by atomic mass is 9.72. The van der Waals surface area contributed by atoms with Crippen molar-refractivity contribution in [3.8, 4) is 22.9 Å². The van der Waals surface area contributed by atoms with Crippen LogP contribution in [0.3, 0.4) is 0 Å². The molecule has 180 valence electrons. The number of aryl methyl sites for hydroxylation is 1. The lowest BCUT2D eigenvalue weighted by Gasteiger charge is -2.36. The minimum atomic E-state index is -0.437. The predicted molar refractivity (Wildman–Crippen MR) is 136 cm³/mol. The van der Waals surface area contributed by atoms with Gasteiger partial charge in [0.2, 0.25) is 0 Å². The molecule has 6 rings (SSSR count). The van der Waals surface area contributed by atoms with Gasteiger partial charge in [0, 0.05) is 29.2 Å². The maximum Gasteiger partial charge on any atom is 0.162 e. The number of anilines is 1. The van der Waals surface area contributed by atoms with E-state index < -0.39 is 5.92 Å². The van der Waals surface area contributed by atoms with Crippen LogP contribution < -0.4 is 5.32 Å². The quantitative estimate of drug-likeness (QED) is 0.299. The Balaban J connectivity index is 1.53. The number of hydrogen-bond donors (Lipinski definition) is 4. The van der Waals surface area contributed by atoms with Gasteiger partial charge in [-0.15, -0.1) is 0 Å². The topological polar surface area (TPSA) is 108 Å². The van der Waals surface area contributed by atoms with E-state index in [1.165, 1.54) is 12.1 Å². The van der Waals surface area contributed by atoms with Gasteiger partial charge in [-0.05, 0) is 66.8 Å². The van der Waals surface area contributed by atoms with Gasteiger partial charge in [-0.1, -0.05) is 36.4 Å². The Bertz CT molecular complexity index is 1520. The van der Waals surface area contributed by atoms with E-state index in [0.29, 0.717) is 24.0 Å². The van der Waals surface area contributed by atoms with Gasteiger partial charge in [0.1, 0.15) is 11.6 Å². The summed E-state index contributed by atoms with van der Waals surface area (Å²) in [5, 5.41) is 38.3. The highest BCUT2D eigenvalue weighted by atomic mass is 16.3. The second-order valence-electron chi connectivity index (χ2n) is 9.41. The first-order valence-electron chi connectivity index (χ1n) is 11.9. The van der Waals surface area contributed by atoms with E-state index in [2.05, 4.69) is 5.32 Å². The van der Waals surface area contributed by atoms with Gasteiger partial charge in [-0.3, -0.25) is 4.79 Å². The van der Waals surface area contributed by atoms with Gasteiger partial charge in [0.15, 0.2) is 17.3 Å². The number of benzene rings is 3. The molecule has 0 fully saturated rings. The molecule has 2 heterocycles. The summed E-state index contributed by atoms with van der Waals surface area (Å²) in [4.78, 5) is 13.7. The molecule has 0 spiro atoms. The molecule has 7 nitrogen and oxygen atoms in total. The fraction of sp³-hybridized carbons (Fsp3) is 0.172. The Morgan fingerprint density at radius 1 is 0.889 bits per heavy atom.